The van der Waals surface area contributed by atoms with E-state index in [9.17, 15) is 0 Å². The van der Waals surface area contributed by atoms with Crippen LogP contribution in [0.4, 0.5) is 0 Å². The first-order chi connectivity index (χ1) is 6.95. The third-order valence-corrected chi connectivity index (χ3v) is 2.46. The number of hydrogen-bond donors (Lipinski definition) is 2. The molecule has 1 aliphatic heterocycles. The molecule has 0 spiro atoms. The molecule has 14 heavy (non-hydrogen) atoms. The topological polar surface area (TPSA) is 62.8 Å². The zero-order valence-corrected chi connectivity index (χ0v) is 8.20. The Kier molecular flexibility index (Phi) is 3.48. The Morgan fingerprint density at radius 2 is 2.64 bits per heavy atom. The highest BCUT2D eigenvalue weighted by atomic mass is 16.5. The van der Waals surface area contributed by atoms with Gasteiger partial charge in [0.1, 0.15) is 12.2 Å². The van der Waals surface area contributed by atoms with Gasteiger partial charge in [0.15, 0.2) is 0 Å². The van der Waals surface area contributed by atoms with E-state index in [0.717, 1.165) is 38.5 Å². The molecule has 2 heterocycles. The van der Waals surface area contributed by atoms with Crippen molar-refractivity contribution in [1.82, 2.24) is 20.5 Å². The molecule has 0 aliphatic carbocycles. The summed E-state index contributed by atoms with van der Waals surface area (Å²) >= 11 is 0. The van der Waals surface area contributed by atoms with Gasteiger partial charge in [-0.3, -0.25) is 5.10 Å². The van der Waals surface area contributed by atoms with Crippen LogP contribution in [0.2, 0.25) is 0 Å². The van der Waals surface area contributed by atoms with Crippen molar-refractivity contribution in [2.75, 3.05) is 26.3 Å². The number of rotatable bonds is 5. The van der Waals surface area contributed by atoms with Gasteiger partial charge in [-0.05, 0) is 12.3 Å². The summed E-state index contributed by atoms with van der Waals surface area (Å²) in [6.07, 6.45) is 3.64. The van der Waals surface area contributed by atoms with Crippen LogP contribution in [0.3, 0.4) is 0 Å². The van der Waals surface area contributed by atoms with Crippen molar-refractivity contribution < 1.29 is 4.74 Å². The molecule has 1 aromatic heterocycles. The monoisotopic (exact) mass is 196 g/mol. The Hall–Kier alpha value is -0.940. The number of nitrogens with zero attached hydrogens (tertiary/aromatic N) is 2. The van der Waals surface area contributed by atoms with E-state index in [1.54, 1.807) is 6.33 Å². The molecule has 78 valence electrons. The van der Waals surface area contributed by atoms with Crippen LogP contribution in [0, 0.1) is 5.92 Å². The maximum Gasteiger partial charge on any atom is 0.137 e. The van der Waals surface area contributed by atoms with Crippen LogP contribution in [0.1, 0.15) is 12.2 Å². The molecule has 2 N–H and O–H groups in total. The van der Waals surface area contributed by atoms with E-state index in [2.05, 4.69) is 20.5 Å². The molecule has 0 aromatic carbocycles. The summed E-state index contributed by atoms with van der Waals surface area (Å²) in [5.41, 5.74) is 0. The summed E-state index contributed by atoms with van der Waals surface area (Å²) in [4.78, 5) is 4.05. The Labute approximate surface area is 83.3 Å². The van der Waals surface area contributed by atoms with Crippen LogP contribution in [0.5, 0.6) is 0 Å². The van der Waals surface area contributed by atoms with Crippen molar-refractivity contribution in [3.05, 3.63) is 12.2 Å². The molecule has 0 radical (unpaired) electrons. The molecule has 1 aliphatic rings. The third kappa shape index (κ3) is 2.78. The summed E-state index contributed by atoms with van der Waals surface area (Å²) in [5.74, 6) is 1.64. The SMILES string of the molecule is c1n[nH]c(CCNCC2CCOC2)n1. The highest BCUT2D eigenvalue weighted by Crippen LogP contribution is 2.10. The van der Waals surface area contributed by atoms with Crippen molar-refractivity contribution in [2.24, 2.45) is 5.92 Å². The molecule has 0 bridgehead atoms. The molecule has 1 unspecified atom stereocenters. The minimum atomic E-state index is 0.699. The van der Waals surface area contributed by atoms with Crippen LogP contribution in [-0.2, 0) is 11.2 Å². The Morgan fingerprint density at radius 3 is 3.36 bits per heavy atom. The fraction of sp³-hybridized carbons (Fsp3) is 0.778. The van der Waals surface area contributed by atoms with Gasteiger partial charge >= 0.3 is 0 Å². The Balaban J connectivity index is 1.55. The molecule has 1 aromatic rings. The first kappa shape index (κ1) is 9.61. The maximum absolute atomic E-state index is 5.29. The summed E-state index contributed by atoms with van der Waals surface area (Å²) in [6, 6.07) is 0. The number of H-pyrrole nitrogens is 1. The quantitative estimate of drug-likeness (QED) is 0.649. The predicted molar refractivity (Wildman–Crippen MR) is 51.9 cm³/mol. The van der Waals surface area contributed by atoms with Crippen LogP contribution < -0.4 is 5.32 Å². The molecule has 5 nitrogen and oxygen atoms in total. The molecule has 1 saturated heterocycles. The van der Waals surface area contributed by atoms with Gasteiger partial charge in [0, 0.05) is 26.1 Å². The first-order valence-corrected chi connectivity index (χ1v) is 5.08. The van der Waals surface area contributed by atoms with Gasteiger partial charge in [-0.15, -0.1) is 0 Å². The van der Waals surface area contributed by atoms with Crippen molar-refractivity contribution in [2.45, 2.75) is 12.8 Å². The second-order valence-electron chi connectivity index (χ2n) is 3.62. The van der Waals surface area contributed by atoms with E-state index in [-0.39, 0.29) is 0 Å². The number of nitrogens with one attached hydrogen (secondary N) is 2. The highest BCUT2D eigenvalue weighted by Gasteiger charge is 2.14. The fourth-order valence-corrected chi connectivity index (χ4v) is 1.61. The first-order valence-electron chi connectivity index (χ1n) is 5.08. The number of ether oxygens (including phenoxy) is 1. The molecule has 0 amide bonds. The van der Waals surface area contributed by atoms with Crippen molar-refractivity contribution in [3.8, 4) is 0 Å². The molecule has 1 fully saturated rings. The average Bonchev–Trinajstić information content (AvgIpc) is 2.86. The number of aromatic nitrogens is 3. The van der Waals surface area contributed by atoms with E-state index in [0.29, 0.717) is 5.92 Å². The van der Waals surface area contributed by atoms with Crippen LogP contribution >= 0.6 is 0 Å². The molecular formula is C9H16N4O. The lowest BCUT2D eigenvalue weighted by Crippen LogP contribution is -2.25. The summed E-state index contributed by atoms with van der Waals surface area (Å²) < 4.78 is 5.29. The molecule has 0 saturated carbocycles. The Morgan fingerprint density at radius 1 is 1.64 bits per heavy atom. The zero-order chi connectivity index (χ0) is 9.64. The highest BCUT2D eigenvalue weighted by molar-refractivity contribution is 4.80. The molecule has 2 rings (SSSR count). The summed E-state index contributed by atoms with van der Waals surface area (Å²) in [5, 5.41) is 10.0. The smallest absolute Gasteiger partial charge is 0.137 e. The van der Waals surface area contributed by atoms with Gasteiger partial charge in [0.2, 0.25) is 0 Å². The van der Waals surface area contributed by atoms with Gasteiger partial charge in [0.25, 0.3) is 0 Å². The predicted octanol–water partition coefficient (Wildman–Crippen LogP) is -0.0267. The van der Waals surface area contributed by atoms with E-state index >= 15 is 0 Å². The Bertz CT molecular complexity index is 243. The largest absolute Gasteiger partial charge is 0.381 e. The zero-order valence-electron chi connectivity index (χ0n) is 8.20. The molecular weight excluding hydrogens is 180 g/mol. The summed E-state index contributed by atoms with van der Waals surface area (Å²) in [7, 11) is 0. The lowest BCUT2D eigenvalue weighted by molar-refractivity contribution is 0.185. The normalized spacial score (nSPS) is 21.6. The van der Waals surface area contributed by atoms with Gasteiger partial charge < -0.3 is 10.1 Å². The van der Waals surface area contributed by atoms with E-state index in [1.807, 2.05) is 0 Å². The second-order valence-corrected chi connectivity index (χ2v) is 3.62. The minimum Gasteiger partial charge on any atom is -0.381 e. The second kappa shape index (κ2) is 5.07. The van der Waals surface area contributed by atoms with E-state index in [1.165, 1.54) is 6.42 Å². The van der Waals surface area contributed by atoms with Gasteiger partial charge in [-0.25, -0.2) is 4.98 Å². The average molecular weight is 196 g/mol. The number of aromatic amines is 1. The lowest BCUT2D eigenvalue weighted by Gasteiger charge is -2.07. The minimum absolute atomic E-state index is 0.699. The molecule has 1 atom stereocenters. The van der Waals surface area contributed by atoms with Gasteiger partial charge in [-0.1, -0.05) is 0 Å². The number of hydrogen-bond acceptors (Lipinski definition) is 4. The van der Waals surface area contributed by atoms with Crippen LogP contribution in [0.25, 0.3) is 0 Å². The van der Waals surface area contributed by atoms with Crippen molar-refractivity contribution in [3.63, 3.8) is 0 Å². The summed E-state index contributed by atoms with van der Waals surface area (Å²) in [6.45, 7) is 3.84. The van der Waals surface area contributed by atoms with Crippen LogP contribution in [0.15, 0.2) is 6.33 Å². The lowest BCUT2D eigenvalue weighted by atomic mass is 10.1. The van der Waals surface area contributed by atoms with Gasteiger partial charge in [-0.2, -0.15) is 5.10 Å². The molecule has 5 heteroatoms. The van der Waals surface area contributed by atoms with E-state index in [4.69, 9.17) is 4.74 Å². The van der Waals surface area contributed by atoms with Crippen LogP contribution in [-0.4, -0.2) is 41.5 Å². The van der Waals surface area contributed by atoms with Gasteiger partial charge in [0.05, 0.1) is 6.61 Å². The third-order valence-electron chi connectivity index (χ3n) is 2.46. The van der Waals surface area contributed by atoms with Crippen molar-refractivity contribution in [1.29, 1.82) is 0 Å². The maximum atomic E-state index is 5.29. The fourth-order valence-electron chi connectivity index (χ4n) is 1.61. The standard InChI is InChI=1S/C9H16N4O/c1(9-11-7-12-13-9)3-10-5-8-2-4-14-6-8/h7-8,10H,1-6H2,(H,11,12,13). The van der Waals surface area contributed by atoms with E-state index < -0.39 is 0 Å². The van der Waals surface area contributed by atoms with Crippen molar-refractivity contribution >= 4 is 0 Å².